The van der Waals surface area contributed by atoms with Crippen molar-refractivity contribution in [2.75, 3.05) is 13.1 Å². The molecule has 29 heavy (non-hydrogen) atoms. The van der Waals surface area contributed by atoms with Crippen LogP contribution in [0.1, 0.15) is 40.6 Å². The van der Waals surface area contributed by atoms with Gasteiger partial charge in [0.1, 0.15) is 5.82 Å². The van der Waals surface area contributed by atoms with Gasteiger partial charge in [-0.15, -0.1) is 0 Å². The molecule has 0 aliphatic carbocycles. The Balaban J connectivity index is 1.34. The number of rotatable bonds is 3. The van der Waals surface area contributed by atoms with Crippen LogP contribution in [-0.2, 0) is 0 Å². The third-order valence-corrected chi connectivity index (χ3v) is 5.57. The van der Waals surface area contributed by atoms with E-state index in [4.69, 9.17) is 9.51 Å². The van der Waals surface area contributed by atoms with Gasteiger partial charge in [-0.25, -0.2) is 4.98 Å². The van der Waals surface area contributed by atoms with Crippen LogP contribution in [0, 0.1) is 6.92 Å². The fraction of sp³-hybridized carbons (Fsp3) is 0.261. The molecule has 0 spiro atoms. The van der Waals surface area contributed by atoms with E-state index >= 15 is 0 Å². The monoisotopic (exact) mass is 386 g/mol. The van der Waals surface area contributed by atoms with Crippen molar-refractivity contribution < 1.29 is 9.32 Å². The van der Waals surface area contributed by atoms with Crippen molar-refractivity contribution in [1.82, 2.24) is 20.0 Å². The molecule has 1 saturated heterocycles. The van der Waals surface area contributed by atoms with Gasteiger partial charge in [-0.05, 0) is 31.9 Å². The van der Waals surface area contributed by atoms with E-state index in [9.17, 15) is 4.79 Å². The van der Waals surface area contributed by atoms with Crippen molar-refractivity contribution in [3.63, 3.8) is 0 Å². The number of fused-ring (bicyclic) bond motifs is 1. The van der Waals surface area contributed by atoms with Gasteiger partial charge in [0.2, 0.25) is 0 Å². The number of aromatic amines is 1. The predicted molar refractivity (Wildman–Crippen MR) is 111 cm³/mol. The highest BCUT2D eigenvalue weighted by Crippen LogP contribution is 2.28. The molecule has 1 amide bonds. The lowest BCUT2D eigenvalue weighted by Crippen LogP contribution is -2.39. The highest BCUT2D eigenvalue weighted by Gasteiger charge is 2.29. The second-order valence-corrected chi connectivity index (χ2v) is 7.67. The minimum Gasteiger partial charge on any atom is -0.355 e. The van der Waals surface area contributed by atoms with E-state index in [0.717, 1.165) is 41.8 Å². The summed E-state index contributed by atoms with van der Waals surface area (Å²) in [5.74, 6) is 1.67. The summed E-state index contributed by atoms with van der Waals surface area (Å²) in [4.78, 5) is 23.0. The molecular weight excluding hydrogens is 364 g/mol. The van der Waals surface area contributed by atoms with Crippen LogP contribution in [-0.4, -0.2) is 39.0 Å². The van der Waals surface area contributed by atoms with Crippen LogP contribution < -0.4 is 0 Å². The lowest BCUT2D eigenvalue weighted by atomic mass is 9.97. The highest BCUT2D eigenvalue weighted by molar-refractivity contribution is 5.93. The third kappa shape index (κ3) is 3.42. The molecule has 1 aliphatic heterocycles. The van der Waals surface area contributed by atoms with Crippen molar-refractivity contribution >= 4 is 16.9 Å². The molecule has 146 valence electrons. The molecule has 1 fully saturated rings. The standard InChI is InChI=1S/C23H22N4O2/c1-15-8-10-16(11-9-15)21-13-20(26-29-21)23(28)27-12-4-5-17(14-27)22-24-18-6-2-3-7-19(18)25-22/h2-3,6-11,13,17H,4-5,12,14H2,1H3,(H,24,25). The first-order valence-electron chi connectivity index (χ1n) is 9.95. The number of para-hydroxylation sites is 2. The molecule has 6 heteroatoms. The van der Waals surface area contributed by atoms with Gasteiger partial charge < -0.3 is 14.4 Å². The lowest BCUT2D eigenvalue weighted by molar-refractivity contribution is 0.0694. The maximum atomic E-state index is 13.0. The van der Waals surface area contributed by atoms with Gasteiger partial charge in [-0.3, -0.25) is 4.79 Å². The summed E-state index contributed by atoms with van der Waals surface area (Å²) >= 11 is 0. The largest absolute Gasteiger partial charge is 0.355 e. The fourth-order valence-corrected chi connectivity index (χ4v) is 3.94. The first kappa shape index (κ1) is 17.7. The maximum Gasteiger partial charge on any atom is 0.276 e. The summed E-state index contributed by atoms with van der Waals surface area (Å²) in [7, 11) is 0. The second kappa shape index (κ2) is 7.20. The summed E-state index contributed by atoms with van der Waals surface area (Å²) in [6, 6.07) is 17.7. The molecule has 1 aliphatic rings. The zero-order valence-corrected chi connectivity index (χ0v) is 16.3. The quantitative estimate of drug-likeness (QED) is 0.561. The Bertz CT molecular complexity index is 1130. The molecule has 1 unspecified atom stereocenters. The SMILES string of the molecule is Cc1ccc(-c2cc(C(=O)N3CCCC(c4nc5ccccc5[nH]4)C3)no2)cc1. The Morgan fingerprint density at radius 2 is 2.00 bits per heavy atom. The van der Waals surface area contributed by atoms with Crippen LogP contribution in [0.15, 0.2) is 59.1 Å². The molecule has 2 aromatic carbocycles. The molecular formula is C23H22N4O2. The van der Waals surface area contributed by atoms with Crippen LogP contribution in [0.5, 0.6) is 0 Å². The average molecular weight is 386 g/mol. The molecule has 3 heterocycles. The van der Waals surface area contributed by atoms with E-state index < -0.39 is 0 Å². The number of hydrogen-bond donors (Lipinski definition) is 1. The number of aryl methyl sites for hydroxylation is 1. The molecule has 4 aromatic rings. The number of hydrogen-bond acceptors (Lipinski definition) is 4. The van der Waals surface area contributed by atoms with Gasteiger partial charge in [-0.1, -0.05) is 47.1 Å². The van der Waals surface area contributed by atoms with Crippen molar-refractivity contribution in [1.29, 1.82) is 0 Å². The van der Waals surface area contributed by atoms with Gasteiger partial charge >= 0.3 is 0 Å². The zero-order chi connectivity index (χ0) is 19.8. The van der Waals surface area contributed by atoms with E-state index in [-0.39, 0.29) is 11.8 Å². The van der Waals surface area contributed by atoms with Crippen molar-refractivity contribution in [3.8, 4) is 11.3 Å². The van der Waals surface area contributed by atoms with Crippen LogP contribution in [0.3, 0.4) is 0 Å². The molecule has 2 aromatic heterocycles. The fourth-order valence-electron chi connectivity index (χ4n) is 3.94. The Labute approximate surface area is 168 Å². The number of nitrogens with zero attached hydrogens (tertiary/aromatic N) is 3. The van der Waals surface area contributed by atoms with Crippen LogP contribution >= 0.6 is 0 Å². The van der Waals surface area contributed by atoms with Gasteiger partial charge in [-0.2, -0.15) is 0 Å². The van der Waals surface area contributed by atoms with Crippen molar-refractivity contribution in [2.45, 2.75) is 25.7 Å². The second-order valence-electron chi connectivity index (χ2n) is 7.67. The van der Waals surface area contributed by atoms with Gasteiger partial charge in [0.05, 0.1) is 11.0 Å². The van der Waals surface area contributed by atoms with Crippen molar-refractivity contribution in [3.05, 3.63) is 71.7 Å². The lowest BCUT2D eigenvalue weighted by Gasteiger charge is -2.31. The number of likely N-dealkylation sites (tertiary alicyclic amines) is 1. The maximum absolute atomic E-state index is 13.0. The molecule has 0 saturated carbocycles. The van der Waals surface area contributed by atoms with E-state index in [0.29, 0.717) is 18.0 Å². The highest BCUT2D eigenvalue weighted by atomic mass is 16.5. The number of amides is 1. The summed E-state index contributed by atoms with van der Waals surface area (Å²) in [6.45, 7) is 3.39. The van der Waals surface area contributed by atoms with Gasteiger partial charge in [0, 0.05) is 30.6 Å². The number of imidazole rings is 1. The summed E-state index contributed by atoms with van der Waals surface area (Å²) in [6.07, 6.45) is 1.95. The Kier molecular flexibility index (Phi) is 4.39. The average Bonchev–Trinajstić information content (AvgIpc) is 3.41. The number of carbonyl (C=O) groups excluding carboxylic acids is 1. The topological polar surface area (TPSA) is 75.0 Å². The smallest absolute Gasteiger partial charge is 0.276 e. The molecule has 1 N–H and O–H groups in total. The first-order valence-corrected chi connectivity index (χ1v) is 9.95. The van der Waals surface area contributed by atoms with E-state index in [1.54, 1.807) is 6.07 Å². The minimum absolute atomic E-state index is 0.0899. The number of aromatic nitrogens is 3. The number of carbonyl (C=O) groups is 1. The zero-order valence-electron chi connectivity index (χ0n) is 16.3. The van der Waals surface area contributed by atoms with Crippen LogP contribution in [0.2, 0.25) is 0 Å². The van der Waals surface area contributed by atoms with Gasteiger partial charge in [0.25, 0.3) is 5.91 Å². The first-order chi connectivity index (χ1) is 14.2. The predicted octanol–water partition coefficient (Wildman–Crippen LogP) is 4.55. The Hall–Kier alpha value is -3.41. The number of benzene rings is 2. The summed E-state index contributed by atoms with van der Waals surface area (Å²) in [5.41, 5.74) is 4.44. The molecule has 0 bridgehead atoms. The molecule has 6 nitrogen and oxygen atoms in total. The number of H-pyrrole nitrogens is 1. The Morgan fingerprint density at radius 1 is 1.17 bits per heavy atom. The van der Waals surface area contributed by atoms with Gasteiger partial charge in [0.15, 0.2) is 11.5 Å². The Morgan fingerprint density at radius 3 is 2.83 bits per heavy atom. The minimum atomic E-state index is -0.0899. The van der Waals surface area contributed by atoms with E-state index in [1.165, 1.54) is 5.56 Å². The molecule has 5 rings (SSSR count). The molecule has 0 radical (unpaired) electrons. The third-order valence-electron chi connectivity index (χ3n) is 5.57. The molecule has 1 atom stereocenters. The normalized spacial score (nSPS) is 17.0. The van der Waals surface area contributed by atoms with Crippen LogP contribution in [0.4, 0.5) is 0 Å². The summed E-state index contributed by atoms with van der Waals surface area (Å²) < 4.78 is 5.44. The van der Waals surface area contributed by atoms with E-state index in [2.05, 4.69) is 10.1 Å². The summed E-state index contributed by atoms with van der Waals surface area (Å²) in [5, 5.41) is 4.03. The number of nitrogens with one attached hydrogen (secondary N) is 1. The van der Waals surface area contributed by atoms with Crippen molar-refractivity contribution in [2.24, 2.45) is 0 Å². The number of piperidine rings is 1. The van der Waals surface area contributed by atoms with E-state index in [1.807, 2.05) is 60.4 Å². The van der Waals surface area contributed by atoms with Crippen LogP contribution in [0.25, 0.3) is 22.4 Å².